The molecule has 2 N–H and O–H groups in total. The first-order valence-corrected chi connectivity index (χ1v) is 6.51. The van der Waals surface area contributed by atoms with Crippen LogP contribution in [0.5, 0.6) is 0 Å². The number of non-ortho nitro benzene ring substituents is 1. The molecule has 2 rings (SSSR count). The normalized spacial score (nSPS) is 18.6. The van der Waals surface area contributed by atoms with Gasteiger partial charge in [0.1, 0.15) is 0 Å². The summed E-state index contributed by atoms with van der Waals surface area (Å²) in [6, 6.07) is 6.08. The van der Waals surface area contributed by atoms with Crippen LogP contribution in [0.1, 0.15) is 12.0 Å². The minimum atomic E-state index is -0.449. The molecule has 0 radical (unpaired) electrons. The molecule has 1 aliphatic rings. The largest absolute Gasteiger partial charge is 0.339 e. The monoisotopic (exact) mass is 275 g/mol. The molecule has 6 heteroatoms. The number of nitro benzene ring substituents is 1. The smallest absolute Gasteiger partial charge is 0.269 e. The Morgan fingerprint density at radius 2 is 2.15 bits per heavy atom. The van der Waals surface area contributed by atoms with E-state index in [1.807, 2.05) is 0 Å². The topological polar surface area (TPSA) is 89.5 Å². The van der Waals surface area contributed by atoms with Crippen LogP contribution in [0.3, 0.4) is 0 Å². The van der Waals surface area contributed by atoms with Gasteiger partial charge in [-0.2, -0.15) is 0 Å². The summed E-state index contributed by atoms with van der Waals surface area (Å²) in [6.45, 7) is 2.06. The fourth-order valence-electron chi connectivity index (χ4n) is 2.21. The summed E-state index contributed by atoms with van der Waals surface area (Å²) in [5, 5.41) is 10.5. The van der Waals surface area contributed by atoms with Crippen LogP contribution in [0.25, 0.3) is 6.08 Å². The predicted molar refractivity (Wildman–Crippen MR) is 75.9 cm³/mol. The molecule has 1 aromatic carbocycles. The first-order valence-electron chi connectivity index (χ1n) is 6.51. The molecular formula is C14H17N3O3. The number of nitrogens with zero attached hydrogens (tertiary/aromatic N) is 2. The summed E-state index contributed by atoms with van der Waals surface area (Å²) in [6.07, 6.45) is 4.12. The van der Waals surface area contributed by atoms with Gasteiger partial charge in [0.05, 0.1) is 4.92 Å². The Labute approximate surface area is 117 Å². The number of carbonyl (C=O) groups is 1. The van der Waals surface area contributed by atoms with Gasteiger partial charge in [-0.15, -0.1) is 0 Å². The van der Waals surface area contributed by atoms with Crippen molar-refractivity contribution in [3.05, 3.63) is 46.0 Å². The molecule has 0 spiro atoms. The van der Waals surface area contributed by atoms with Crippen molar-refractivity contribution < 1.29 is 9.72 Å². The maximum absolute atomic E-state index is 11.9. The van der Waals surface area contributed by atoms with Crippen molar-refractivity contribution in [3.8, 4) is 0 Å². The quantitative estimate of drug-likeness (QED) is 0.511. The number of benzene rings is 1. The van der Waals surface area contributed by atoms with Crippen molar-refractivity contribution in [1.82, 2.24) is 4.90 Å². The van der Waals surface area contributed by atoms with Gasteiger partial charge in [-0.1, -0.05) is 0 Å². The molecule has 20 heavy (non-hydrogen) atoms. The lowest BCUT2D eigenvalue weighted by Crippen LogP contribution is -2.28. The SMILES string of the molecule is NCC1CCN(C(=O)C=Cc2ccc([N+](=O)[O-])cc2)C1. The van der Waals surface area contributed by atoms with Crippen LogP contribution < -0.4 is 5.73 Å². The van der Waals surface area contributed by atoms with Crippen LogP contribution in [0.4, 0.5) is 5.69 Å². The number of hydrogen-bond acceptors (Lipinski definition) is 4. The van der Waals surface area contributed by atoms with Crippen LogP contribution in [0.15, 0.2) is 30.3 Å². The standard InChI is InChI=1S/C14H17N3O3/c15-9-12-7-8-16(10-12)14(18)6-3-11-1-4-13(5-2-11)17(19)20/h1-6,12H,7-10,15H2. The Balaban J connectivity index is 1.95. The molecule has 1 heterocycles. The molecule has 0 bridgehead atoms. The molecule has 1 atom stereocenters. The molecule has 1 aliphatic heterocycles. The van der Waals surface area contributed by atoms with Gasteiger partial charge in [0.25, 0.3) is 5.69 Å². The van der Waals surface area contributed by atoms with Gasteiger partial charge in [-0.05, 0) is 42.7 Å². The average Bonchev–Trinajstić information content (AvgIpc) is 2.94. The van der Waals surface area contributed by atoms with E-state index in [0.717, 1.165) is 18.5 Å². The number of amides is 1. The van der Waals surface area contributed by atoms with Gasteiger partial charge in [-0.25, -0.2) is 0 Å². The van der Waals surface area contributed by atoms with Crippen LogP contribution in [0, 0.1) is 16.0 Å². The number of rotatable bonds is 4. The zero-order valence-corrected chi connectivity index (χ0v) is 11.1. The van der Waals surface area contributed by atoms with Crippen molar-refractivity contribution in [2.75, 3.05) is 19.6 Å². The predicted octanol–water partition coefficient (Wildman–Crippen LogP) is 1.42. The second kappa shape index (κ2) is 6.29. The third-order valence-corrected chi connectivity index (χ3v) is 3.45. The molecule has 6 nitrogen and oxygen atoms in total. The van der Waals surface area contributed by atoms with E-state index in [1.54, 1.807) is 23.1 Å². The van der Waals surface area contributed by atoms with Crippen molar-refractivity contribution in [3.63, 3.8) is 0 Å². The minimum absolute atomic E-state index is 0.0406. The zero-order chi connectivity index (χ0) is 14.5. The molecule has 106 valence electrons. The molecular weight excluding hydrogens is 258 g/mol. The highest BCUT2D eigenvalue weighted by atomic mass is 16.6. The Bertz CT molecular complexity index is 525. The van der Waals surface area contributed by atoms with Crippen LogP contribution in [-0.4, -0.2) is 35.4 Å². The van der Waals surface area contributed by atoms with E-state index in [1.165, 1.54) is 18.2 Å². The Hall–Kier alpha value is -2.21. The van der Waals surface area contributed by atoms with Crippen molar-refractivity contribution in [2.45, 2.75) is 6.42 Å². The number of likely N-dealkylation sites (tertiary alicyclic amines) is 1. The van der Waals surface area contributed by atoms with E-state index < -0.39 is 4.92 Å². The number of hydrogen-bond donors (Lipinski definition) is 1. The third kappa shape index (κ3) is 3.42. The van der Waals surface area contributed by atoms with Gasteiger partial charge < -0.3 is 10.6 Å². The number of nitrogens with two attached hydrogens (primary N) is 1. The maximum Gasteiger partial charge on any atom is 0.269 e. The molecule has 1 aromatic rings. The summed E-state index contributed by atoms with van der Waals surface area (Å²) in [5.41, 5.74) is 6.39. The highest BCUT2D eigenvalue weighted by molar-refractivity contribution is 5.92. The molecule has 0 saturated carbocycles. The van der Waals surface area contributed by atoms with Crippen LogP contribution in [-0.2, 0) is 4.79 Å². The summed E-state index contributed by atoms with van der Waals surface area (Å²) in [5.74, 6) is 0.353. The molecule has 1 amide bonds. The minimum Gasteiger partial charge on any atom is -0.339 e. The zero-order valence-electron chi connectivity index (χ0n) is 11.1. The Kier molecular flexibility index (Phi) is 4.47. The average molecular weight is 275 g/mol. The maximum atomic E-state index is 11.9. The van der Waals surface area contributed by atoms with E-state index >= 15 is 0 Å². The summed E-state index contributed by atoms with van der Waals surface area (Å²) in [4.78, 5) is 23.8. The lowest BCUT2D eigenvalue weighted by molar-refractivity contribution is -0.384. The third-order valence-electron chi connectivity index (χ3n) is 3.45. The van der Waals surface area contributed by atoms with E-state index in [4.69, 9.17) is 5.73 Å². The number of nitro groups is 1. The Morgan fingerprint density at radius 3 is 2.70 bits per heavy atom. The summed E-state index contributed by atoms with van der Waals surface area (Å²) in [7, 11) is 0. The van der Waals surface area contributed by atoms with Crippen LogP contribution >= 0.6 is 0 Å². The summed E-state index contributed by atoms with van der Waals surface area (Å²) < 4.78 is 0. The van der Waals surface area contributed by atoms with E-state index in [-0.39, 0.29) is 11.6 Å². The molecule has 1 fully saturated rings. The fraction of sp³-hybridized carbons (Fsp3) is 0.357. The molecule has 1 saturated heterocycles. The van der Waals surface area contributed by atoms with Crippen molar-refractivity contribution in [2.24, 2.45) is 11.7 Å². The van der Waals surface area contributed by atoms with E-state index in [9.17, 15) is 14.9 Å². The van der Waals surface area contributed by atoms with Gasteiger partial charge in [0, 0.05) is 31.3 Å². The number of carbonyl (C=O) groups excluding carboxylic acids is 1. The van der Waals surface area contributed by atoms with Gasteiger partial charge in [-0.3, -0.25) is 14.9 Å². The lowest BCUT2D eigenvalue weighted by atomic mass is 10.1. The highest BCUT2D eigenvalue weighted by Gasteiger charge is 2.23. The molecule has 0 aromatic heterocycles. The van der Waals surface area contributed by atoms with Gasteiger partial charge in [0.2, 0.25) is 5.91 Å². The molecule has 0 aliphatic carbocycles. The van der Waals surface area contributed by atoms with E-state index in [0.29, 0.717) is 19.0 Å². The fourth-order valence-corrected chi connectivity index (χ4v) is 2.21. The molecule has 1 unspecified atom stereocenters. The van der Waals surface area contributed by atoms with Crippen molar-refractivity contribution in [1.29, 1.82) is 0 Å². The van der Waals surface area contributed by atoms with Crippen LogP contribution in [0.2, 0.25) is 0 Å². The highest BCUT2D eigenvalue weighted by Crippen LogP contribution is 2.16. The first kappa shape index (κ1) is 14.2. The second-order valence-electron chi connectivity index (χ2n) is 4.86. The van der Waals surface area contributed by atoms with Crippen molar-refractivity contribution >= 4 is 17.7 Å². The Morgan fingerprint density at radius 1 is 1.45 bits per heavy atom. The summed E-state index contributed by atoms with van der Waals surface area (Å²) >= 11 is 0. The van der Waals surface area contributed by atoms with Gasteiger partial charge >= 0.3 is 0 Å². The van der Waals surface area contributed by atoms with Gasteiger partial charge in [0.15, 0.2) is 0 Å². The van der Waals surface area contributed by atoms with E-state index in [2.05, 4.69) is 0 Å². The second-order valence-corrected chi connectivity index (χ2v) is 4.86. The first-order chi connectivity index (χ1) is 9.60. The lowest BCUT2D eigenvalue weighted by Gasteiger charge is -2.13.